The van der Waals surface area contributed by atoms with Crippen molar-refractivity contribution >= 4 is 34.6 Å². The minimum absolute atomic E-state index is 0.850. The lowest BCUT2D eigenvalue weighted by molar-refractivity contribution is 1.06. The maximum absolute atomic E-state index is 4.90. The zero-order valence-corrected chi connectivity index (χ0v) is 15.6. The van der Waals surface area contributed by atoms with Crippen molar-refractivity contribution in [1.82, 2.24) is 9.97 Å². The predicted molar refractivity (Wildman–Crippen MR) is 107 cm³/mol. The van der Waals surface area contributed by atoms with Crippen LogP contribution in [0.4, 0.5) is 0 Å². The average Bonchev–Trinajstić information content (AvgIpc) is 2.61. The van der Waals surface area contributed by atoms with E-state index in [4.69, 9.17) is 9.97 Å². The number of aromatic nitrogens is 2. The molecule has 0 saturated carbocycles. The van der Waals surface area contributed by atoms with E-state index in [0.29, 0.717) is 0 Å². The van der Waals surface area contributed by atoms with E-state index in [0.717, 1.165) is 33.9 Å². The summed E-state index contributed by atoms with van der Waals surface area (Å²) < 4.78 is 0. The van der Waals surface area contributed by atoms with E-state index in [2.05, 4.69) is 61.5 Å². The van der Waals surface area contributed by atoms with Crippen LogP contribution < -0.4 is 0 Å². The van der Waals surface area contributed by atoms with Crippen molar-refractivity contribution in [2.24, 2.45) is 0 Å². The van der Waals surface area contributed by atoms with E-state index in [9.17, 15) is 0 Å². The van der Waals surface area contributed by atoms with Gasteiger partial charge in [0, 0.05) is 21.3 Å². The summed E-state index contributed by atoms with van der Waals surface area (Å²) in [4.78, 5) is 12.4. The van der Waals surface area contributed by atoms with Gasteiger partial charge in [0.05, 0.1) is 22.4 Å². The van der Waals surface area contributed by atoms with Gasteiger partial charge in [-0.2, -0.15) is 0 Å². The first-order chi connectivity index (χ1) is 12.3. The molecule has 2 heterocycles. The lowest BCUT2D eigenvalue weighted by Crippen LogP contribution is -2.02. The van der Waals surface area contributed by atoms with Gasteiger partial charge >= 0.3 is 0 Å². The molecule has 0 atom stereocenters. The van der Waals surface area contributed by atoms with Crippen molar-refractivity contribution in [1.29, 1.82) is 0 Å². The third-order valence-corrected chi connectivity index (χ3v) is 6.30. The first kappa shape index (κ1) is 16.4. The van der Waals surface area contributed by atoms with Crippen LogP contribution in [0.1, 0.15) is 17.0 Å². The highest BCUT2D eigenvalue weighted by Crippen LogP contribution is 2.37. The zero-order chi connectivity index (χ0) is 17.1. The summed E-state index contributed by atoms with van der Waals surface area (Å²) in [7, 11) is 0. The second-order valence-electron chi connectivity index (χ2n) is 5.90. The molecule has 0 aliphatic carbocycles. The van der Waals surface area contributed by atoms with Crippen LogP contribution in [0.25, 0.3) is 11.0 Å². The van der Waals surface area contributed by atoms with Crippen LogP contribution in [-0.2, 0) is 11.5 Å². The summed E-state index contributed by atoms with van der Waals surface area (Å²) in [6.07, 6.45) is 0. The van der Waals surface area contributed by atoms with Crippen molar-refractivity contribution in [3.05, 3.63) is 83.7 Å². The van der Waals surface area contributed by atoms with Gasteiger partial charge in [0.1, 0.15) is 0 Å². The van der Waals surface area contributed by atoms with Crippen LogP contribution in [-0.4, -0.2) is 9.97 Å². The van der Waals surface area contributed by atoms with Crippen LogP contribution in [0.3, 0.4) is 0 Å². The molecule has 1 aliphatic heterocycles. The largest absolute Gasteiger partial charge is 0.248 e. The van der Waals surface area contributed by atoms with E-state index in [1.807, 2.05) is 35.7 Å². The Bertz CT molecular complexity index is 984. The Hall–Kier alpha value is -2.04. The Morgan fingerprint density at radius 1 is 0.680 bits per heavy atom. The van der Waals surface area contributed by atoms with Gasteiger partial charge in [-0.05, 0) is 36.8 Å². The molecule has 2 nitrogen and oxygen atoms in total. The number of nitrogens with zero attached hydrogens (tertiary/aromatic N) is 2. The van der Waals surface area contributed by atoms with E-state index < -0.39 is 0 Å². The van der Waals surface area contributed by atoms with Gasteiger partial charge in [0.15, 0.2) is 0 Å². The molecule has 0 bridgehead atoms. The summed E-state index contributed by atoms with van der Waals surface area (Å²) in [5, 5.41) is 0. The van der Waals surface area contributed by atoms with Crippen LogP contribution in [0.2, 0.25) is 0 Å². The highest BCUT2D eigenvalue weighted by molar-refractivity contribution is 8.01. The predicted octanol–water partition coefficient (Wildman–Crippen LogP) is 5.96. The Labute approximate surface area is 156 Å². The SMILES string of the molecule is Cc1ccc2nc3c(nc2c1)CSc1ccccccccc1SC3. The minimum atomic E-state index is 0.850. The quantitative estimate of drug-likeness (QED) is 0.493. The molecule has 4 rings (SSSR count). The van der Waals surface area contributed by atoms with Gasteiger partial charge < -0.3 is 0 Å². The van der Waals surface area contributed by atoms with Gasteiger partial charge in [-0.3, -0.25) is 0 Å². The Balaban J connectivity index is 1.77. The standard InChI is InChI=1S/C21H18N2S2/c1-15-10-11-16-17(12-15)23-19-14-25-21-9-7-5-3-2-4-6-8-20(21)24-13-18(19)22-16/h2-12H,13-14H2,1H3. The van der Waals surface area contributed by atoms with Gasteiger partial charge in [-0.1, -0.05) is 42.5 Å². The molecule has 25 heavy (non-hydrogen) atoms. The number of hydrogen-bond acceptors (Lipinski definition) is 4. The fourth-order valence-electron chi connectivity index (χ4n) is 2.71. The van der Waals surface area contributed by atoms with Gasteiger partial charge in [-0.25, -0.2) is 9.97 Å². The summed E-state index contributed by atoms with van der Waals surface area (Å²) >= 11 is 3.67. The first-order valence-corrected chi connectivity index (χ1v) is 10.2. The number of hydrogen-bond donors (Lipinski definition) is 0. The summed E-state index contributed by atoms with van der Waals surface area (Å²) in [6.45, 7) is 2.10. The third kappa shape index (κ3) is 3.80. The van der Waals surface area contributed by atoms with Gasteiger partial charge in [0.2, 0.25) is 0 Å². The zero-order valence-electron chi connectivity index (χ0n) is 14.0. The van der Waals surface area contributed by atoms with Crippen LogP contribution >= 0.6 is 23.5 Å². The fraction of sp³-hybridized carbons (Fsp3) is 0.143. The highest BCUT2D eigenvalue weighted by atomic mass is 32.2. The second-order valence-corrected chi connectivity index (χ2v) is 7.94. The lowest BCUT2D eigenvalue weighted by Gasteiger charge is -2.15. The van der Waals surface area contributed by atoms with Crippen molar-refractivity contribution in [2.75, 3.05) is 0 Å². The Morgan fingerprint density at radius 3 is 1.88 bits per heavy atom. The van der Waals surface area contributed by atoms with E-state index in [1.165, 1.54) is 15.4 Å². The molecule has 0 saturated heterocycles. The summed E-state index contributed by atoms with van der Waals surface area (Å²) in [5.41, 5.74) is 5.41. The van der Waals surface area contributed by atoms with Crippen LogP contribution in [0, 0.1) is 6.92 Å². The molecule has 1 aromatic heterocycles. The first-order valence-electron chi connectivity index (χ1n) is 8.24. The van der Waals surface area contributed by atoms with Crippen molar-refractivity contribution in [2.45, 2.75) is 28.2 Å². The molecule has 3 aromatic rings. The third-order valence-electron chi connectivity index (χ3n) is 4.00. The molecule has 2 aromatic carbocycles. The molecule has 0 spiro atoms. The number of benzene rings is 1. The fourth-order valence-corrected chi connectivity index (χ4v) is 4.88. The topological polar surface area (TPSA) is 25.8 Å². The molecule has 124 valence electrons. The van der Waals surface area contributed by atoms with Crippen molar-refractivity contribution < 1.29 is 0 Å². The van der Waals surface area contributed by atoms with Crippen LogP contribution in [0.5, 0.6) is 0 Å². The number of aryl methyl sites for hydroxylation is 1. The van der Waals surface area contributed by atoms with Gasteiger partial charge in [0.25, 0.3) is 0 Å². The summed E-state index contributed by atoms with van der Waals surface area (Å²) in [5.74, 6) is 1.70. The molecule has 0 amide bonds. The molecule has 0 N–H and O–H groups in total. The maximum atomic E-state index is 4.90. The molecule has 1 aliphatic rings. The molecule has 4 heteroatoms. The van der Waals surface area contributed by atoms with Crippen molar-refractivity contribution in [3.8, 4) is 0 Å². The highest BCUT2D eigenvalue weighted by Gasteiger charge is 2.15. The van der Waals surface area contributed by atoms with E-state index in [1.54, 1.807) is 0 Å². The molecule has 0 fully saturated rings. The monoisotopic (exact) mass is 362 g/mol. The smallest absolute Gasteiger partial charge is 0.0893 e. The Morgan fingerprint density at radius 2 is 1.24 bits per heavy atom. The number of thioether (sulfide) groups is 2. The van der Waals surface area contributed by atoms with Gasteiger partial charge in [-0.15, -0.1) is 23.5 Å². The molecule has 0 unspecified atom stereocenters. The number of rotatable bonds is 0. The van der Waals surface area contributed by atoms with Crippen LogP contribution in [0.15, 0.2) is 76.5 Å². The maximum Gasteiger partial charge on any atom is 0.0893 e. The number of fused-ring (bicyclic) bond motifs is 3. The summed E-state index contributed by atoms with van der Waals surface area (Å²) in [6, 6.07) is 23.1. The van der Waals surface area contributed by atoms with Crippen molar-refractivity contribution in [3.63, 3.8) is 0 Å². The lowest BCUT2D eigenvalue weighted by atomic mass is 10.2. The second kappa shape index (κ2) is 7.46. The molecule has 0 radical (unpaired) electrons. The normalized spacial score (nSPS) is 13.2. The van der Waals surface area contributed by atoms with E-state index in [-0.39, 0.29) is 0 Å². The molecular weight excluding hydrogens is 344 g/mol. The average molecular weight is 363 g/mol. The van der Waals surface area contributed by atoms with E-state index >= 15 is 0 Å². The minimum Gasteiger partial charge on any atom is -0.248 e. The Kier molecular flexibility index (Phi) is 4.90. The molecular formula is C21H18N2S2.